The predicted molar refractivity (Wildman–Crippen MR) is 247 cm³/mol. The minimum absolute atomic E-state index is 0.214. The van der Waals surface area contributed by atoms with Gasteiger partial charge < -0.3 is 39.4 Å². The molecule has 358 valence electrons. The molecule has 1 aliphatic rings. The van der Waals surface area contributed by atoms with Crippen molar-refractivity contribution >= 4 is 11.9 Å². The van der Waals surface area contributed by atoms with Crippen molar-refractivity contribution < 1.29 is 49.0 Å². The van der Waals surface area contributed by atoms with Crippen LogP contribution in [0.25, 0.3) is 0 Å². The lowest BCUT2D eigenvalue weighted by atomic mass is 9.99. The zero-order chi connectivity index (χ0) is 44.4. The highest BCUT2D eigenvalue weighted by molar-refractivity contribution is 5.70. The van der Waals surface area contributed by atoms with Crippen molar-refractivity contribution in [2.24, 2.45) is 0 Å². The minimum Gasteiger partial charge on any atom is -0.462 e. The maximum Gasteiger partial charge on any atom is 0.306 e. The second-order valence-corrected chi connectivity index (χ2v) is 17.6. The number of esters is 2. The van der Waals surface area contributed by atoms with E-state index in [0.29, 0.717) is 6.42 Å². The van der Waals surface area contributed by atoms with E-state index >= 15 is 0 Å². The smallest absolute Gasteiger partial charge is 0.306 e. The van der Waals surface area contributed by atoms with E-state index in [0.717, 1.165) is 44.9 Å². The summed E-state index contributed by atoms with van der Waals surface area (Å²) in [6.45, 7) is 3.44. The molecule has 10 nitrogen and oxygen atoms in total. The highest BCUT2D eigenvalue weighted by Crippen LogP contribution is 2.23. The lowest BCUT2D eigenvalue weighted by molar-refractivity contribution is -0.305. The molecule has 0 amide bonds. The van der Waals surface area contributed by atoms with Crippen molar-refractivity contribution in [3.05, 3.63) is 24.3 Å². The van der Waals surface area contributed by atoms with Gasteiger partial charge in [0.05, 0.1) is 13.2 Å². The molecule has 10 heteroatoms. The predicted octanol–water partition coefficient (Wildman–Crippen LogP) is 11.7. The Hall–Kier alpha value is -1.82. The monoisotopic (exact) mass is 867 g/mol. The van der Waals surface area contributed by atoms with Gasteiger partial charge in [-0.3, -0.25) is 9.59 Å². The molecule has 4 N–H and O–H groups in total. The largest absolute Gasteiger partial charge is 0.462 e. The van der Waals surface area contributed by atoms with Gasteiger partial charge in [0.2, 0.25) is 0 Å². The Balaban J connectivity index is 2.24. The lowest BCUT2D eigenvalue weighted by Crippen LogP contribution is -2.59. The van der Waals surface area contributed by atoms with Crippen LogP contribution < -0.4 is 0 Å². The van der Waals surface area contributed by atoms with Crippen LogP contribution in [-0.2, 0) is 28.5 Å². The van der Waals surface area contributed by atoms with Crippen LogP contribution in [0.3, 0.4) is 0 Å². The number of rotatable bonds is 43. The molecule has 1 saturated heterocycles. The normalized spacial score (nSPS) is 19.9. The Kier molecular flexibility index (Phi) is 39.5. The van der Waals surface area contributed by atoms with Gasteiger partial charge in [-0.25, -0.2) is 0 Å². The van der Waals surface area contributed by atoms with Gasteiger partial charge in [-0.05, 0) is 44.9 Å². The summed E-state index contributed by atoms with van der Waals surface area (Å²) >= 11 is 0. The minimum atomic E-state index is -1.59. The van der Waals surface area contributed by atoms with Gasteiger partial charge in [-0.1, -0.05) is 199 Å². The van der Waals surface area contributed by atoms with Gasteiger partial charge >= 0.3 is 11.9 Å². The maximum absolute atomic E-state index is 12.8. The Bertz CT molecular complexity index is 1050. The fourth-order valence-electron chi connectivity index (χ4n) is 7.81. The number of unbranched alkanes of at least 4 members (excludes halogenated alkanes) is 28. The van der Waals surface area contributed by atoms with Crippen LogP contribution >= 0.6 is 0 Å². The average molecular weight is 867 g/mol. The van der Waals surface area contributed by atoms with Crippen LogP contribution in [0.15, 0.2) is 24.3 Å². The van der Waals surface area contributed by atoms with E-state index in [9.17, 15) is 30.0 Å². The molecular formula is C51H94O10. The Morgan fingerprint density at radius 3 is 1.36 bits per heavy atom. The van der Waals surface area contributed by atoms with Gasteiger partial charge in [-0.2, -0.15) is 0 Å². The summed E-state index contributed by atoms with van der Waals surface area (Å²) in [7, 11) is 0. The van der Waals surface area contributed by atoms with Gasteiger partial charge in [0.25, 0.3) is 0 Å². The second kappa shape index (κ2) is 42.1. The fourth-order valence-corrected chi connectivity index (χ4v) is 7.81. The highest BCUT2D eigenvalue weighted by Gasteiger charge is 2.44. The van der Waals surface area contributed by atoms with Crippen LogP contribution in [0.2, 0.25) is 0 Å². The van der Waals surface area contributed by atoms with E-state index in [1.165, 1.54) is 154 Å². The second-order valence-electron chi connectivity index (χ2n) is 17.6. The third-order valence-corrected chi connectivity index (χ3v) is 11.8. The van der Waals surface area contributed by atoms with E-state index in [1.54, 1.807) is 0 Å². The number of carbonyl (C=O) groups is 2. The molecule has 0 bridgehead atoms. The van der Waals surface area contributed by atoms with Gasteiger partial charge in [0.1, 0.15) is 31.0 Å². The first-order valence-electron chi connectivity index (χ1n) is 25.4. The molecule has 0 aromatic heterocycles. The average Bonchev–Trinajstić information content (AvgIpc) is 3.26. The van der Waals surface area contributed by atoms with Gasteiger partial charge in [0.15, 0.2) is 12.4 Å². The molecule has 0 saturated carbocycles. The van der Waals surface area contributed by atoms with E-state index in [-0.39, 0.29) is 32.0 Å². The molecule has 1 heterocycles. The van der Waals surface area contributed by atoms with E-state index in [4.69, 9.17) is 18.9 Å². The summed E-state index contributed by atoms with van der Waals surface area (Å²) in [4.78, 5) is 25.4. The van der Waals surface area contributed by atoms with Crippen LogP contribution in [-0.4, -0.2) is 89.0 Å². The highest BCUT2D eigenvalue weighted by atomic mass is 16.7. The third-order valence-electron chi connectivity index (χ3n) is 11.8. The third kappa shape index (κ3) is 33.4. The number of allylic oxidation sites excluding steroid dienone is 4. The molecule has 1 rings (SSSR count). The summed E-state index contributed by atoms with van der Waals surface area (Å²) in [5.74, 6) is -0.798. The molecule has 6 unspecified atom stereocenters. The molecule has 6 atom stereocenters. The van der Waals surface area contributed by atoms with Gasteiger partial charge in [0, 0.05) is 12.8 Å². The first-order valence-corrected chi connectivity index (χ1v) is 25.4. The summed E-state index contributed by atoms with van der Waals surface area (Å²) in [5.41, 5.74) is 0. The zero-order valence-corrected chi connectivity index (χ0v) is 39.2. The van der Waals surface area contributed by atoms with Gasteiger partial charge in [-0.15, -0.1) is 0 Å². The molecule has 0 spiro atoms. The maximum atomic E-state index is 12.8. The van der Waals surface area contributed by atoms with E-state index in [2.05, 4.69) is 38.2 Å². The van der Waals surface area contributed by atoms with Crippen LogP contribution in [0.5, 0.6) is 0 Å². The molecule has 0 aromatic carbocycles. The van der Waals surface area contributed by atoms with Crippen LogP contribution in [0.4, 0.5) is 0 Å². The topological polar surface area (TPSA) is 152 Å². The van der Waals surface area contributed by atoms with Crippen molar-refractivity contribution in [3.63, 3.8) is 0 Å². The standard InChI is InChI=1S/C51H94O10/c1-3-5-7-9-11-13-15-17-18-19-20-21-22-23-24-25-26-28-30-32-34-36-38-40-47(54)60-44(43-59-51-50(57)49(56)48(55)45(41-52)61-51)42-58-46(53)39-37-35-33-31-29-27-16-14-12-10-8-6-4-2/h15,17,19-20,44-45,48-52,55-57H,3-14,16,18,21-43H2,1-2H3/b17-15-,20-19-. The Labute approximate surface area is 373 Å². The molecule has 0 aromatic rings. The molecule has 0 aliphatic carbocycles. The van der Waals surface area contributed by atoms with Crippen LogP contribution in [0, 0.1) is 0 Å². The summed E-state index contributed by atoms with van der Waals surface area (Å²) in [6.07, 6.45) is 40.4. The molecule has 61 heavy (non-hydrogen) atoms. The quantitative estimate of drug-likeness (QED) is 0.0265. The van der Waals surface area contributed by atoms with E-state index < -0.39 is 49.4 Å². The molecule has 1 fully saturated rings. The molecule has 0 radical (unpaired) electrons. The first kappa shape index (κ1) is 57.2. The number of hydrogen-bond acceptors (Lipinski definition) is 10. The summed E-state index contributed by atoms with van der Waals surface area (Å²) < 4.78 is 22.2. The number of ether oxygens (including phenoxy) is 4. The Morgan fingerprint density at radius 2 is 0.918 bits per heavy atom. The Morgan fingerprint density at radius 1 is 0.508 bits per heavy atom. The fraction of sp³-hybridized carbons (Fsp3) is 0.882. The summed E-state index contributed by atoms with van der Waals surface area (Å²) in [5, 5.41) is 40.2. The van der Waals surface area contributed by atoms with Crippen molar-refractivity contribution in [1.82, 2.24) is 0 Å². The van der Waals surface area contributed by atoms with Crippen LogP contribution in [0.1, 0.15) is 232 Å². The number of hydrogen-bond donors (Lipinski definition) is 4. The lowest BCUT2D eigenvalue weighted by Gasteiger charge is -2.39. The van der Waals surface area contributed by atoms with Crippen molar-refractivity contribution in [1.29, 1.82) is 0 Å². The number of carbonyl (C=O) groups excluding carboxylic acids is 2. The van der Waals surface area contributed by atoms with Crippen molar-refractivity contribution in [3.8, 4) is 0 Å². The zero-order valence-electron chi connectivity index (χ0n) is 39.2. The van der Waals surface area contributed by atoms with Crippen molar-refractivity contribution in [2.75, 3.05) is 19.8 Å². The van der Waals surface area contributed by atoms with Crippen molar-refractivity contribution in [2.45, 2.75) is 269 Å². The summed E-state index contributed by atoms with van der Waals surface area (Å²) in [6, 6.07) is 0. The molecular weight excluding hydrogens is 773 g/mol. The van der Waals surface area contributed by atoms with E-state index in [1.807, 2.05) is 0 Å². The number of aliphatic hydroxyl groups is 4. The number of aliphatic hydroxyl groups excluding tert-OH is 4. The first-order chi connectivity index (χ1) is 29.8. The molecule has 1 aliphatic heterocycles. The SMILES string of the molecule is CCCCCCC/C=C\C/C=C\CCCCCCCCCCCCCC(=O)OC(COC(=O)CCCCCCCCCCCCCCC)COC1OC(CO)C(O)C(O)C1O.